The van der Waals surface area contributed by atoms with Gasteiger partial charge in [-0.1, -0.05) is 42.0 Å². The van der Waals surface area contributed by atoms with Crippen molar-refractivity contribution in [1.29, 1.82) is 0 Å². The Balaban J connectivity index is 1.63. The van der Waals surface area contributed by atoms with Crippen LogP contribution in [0.5, 0.6) is 0 Å². The molecule has 0 N–H and O–H groups in total. The van der Waals surface area contributed by atoms with E-state index in [1.807, 2.05) is 32.2 Å². The molecule has 0 amide bonds. The van der Waals surface area contributed by atoms with Gasteiger partial charge in [0.2, 0.25) is 11.4 Å². The van der Waals surface area contributed by atoms with Crippen molar-refractivity contribution in [3.8, 4) is 22.4 Å². The number of furan rings is 1. The molecule has 3 nitrogen and oxygen atoms in total. The molecule has 3 heteroatoms. The molecule has 2 aromatic carbocycles. The summed E-state index contributed by atoms with van der Waals surface area (Å²) in [6.45, 7) is 1.95. The maximum Gasteiger partial charge on any atom is 0.227 e. The molecular weight excluding hydrogens is 356 g/mol. The number of pyridine rings is 2. The summed E-state index contributed by atoms with van der Waals surface area (Å²) in [5.74, 6) is 0. The van der Waals surface area contributed by atoms with Crippen LogP contribution in [0.3, 0.4) is 0 Å². The molecule has 0 atom stereocenters. The summed E-state index contributed by atoms with van der Waals surface area (Å²) in [4.78, 5) is 4.56. The van der Waals surface area contributed by atoms with Gasteiger partial charge in [-0.15, -0.1) is 0 Å². The average Bonchev–Trinajstić information content (AvgIpc) is 3.11. The second-order valence-corrected chi connectivity index (χ2v) is 7.53. The topological polar surface area (TPSA) is 29.9 Å². The van der Waals surface area contributed by atoms with E-state index in [9.17, 15) is 0 Å². The molecule has 0 radical (unpaired) electrons. The van der Waals surface area contributed by atoms with E-state index in [0.717, 1.165) is 50.0 Å². The van der Waals surface area contributed by atoms with Crippen molar-refractivity contribution >= 4 is 22.1 Å². The molecule has 29 heavy (non-hydrogen) atoms. The van der Waals surface area contributed by atoms with E-state index in [-0.39, 0.29) is 0 Å². The molecule has 0 unspecified atom stereocenters. The summed E-state index contributed by atoms with van der Waals surface area (Å²) < 4.78 is 31.0. The predicted molar refractivity (Wildman–Crippen MR) is 118 cm³/mol. The van der Waals surface area contributed by atoms with Crippen LogP contribution in [0.25, 0.3) is 44.5 Å². The molecule has 5 aromatic rings. The molecule has 0 aliphatic carbocycles. The molecule has 0 aliphatic heterocycles. The smallest absolute Gasteiger partial charge is 0.227 e. The van der Waals surface area contributed by atoms with Crippen LogP contribution in [0.1, 0.15) is 20.9 Å². The number of hydrogen-bond donors (Lipinski definition) is 0. The molecule has 5 rings (SSSR count). The van der Waals surface area contributed by atoms with Crippen LogP contribution in [-0.2, 0) is 7.05 Å². The van der Waals surface area contributed by atoms with E-state index < -0.39 is 6.85 Å². The first-order valence-electron chi connectivity index (χ1n) is 11.1. The summed E-state index contributed by atoms with van der Waals surface area (Å²) in [5, 5.41) is 2.07. The first kappa shape index (κ1) is 14.5. The highest BCUT2D eigenvalue weighted by atomic mass is 16.3. The minimum absolute atomic E-state index is 0.346. The van der Waals surface area contributed by atoms with E-state index in [2.05, 4.69) is 53.0 Å². The SMILES string of the molecule is [2H]C([2H])([2H])c1ccc(-c2ccc(-c3c(C)ccc4c3oc3nc(C)ccc34)[n+](C)c2)cc1. The number of rotatable bonds is 2. The van der Waals surface area contributed by atoms with Crippen molar-refractivity contribution < 1.29 is 13.1 Å². The van der Waals surface area contributed by atoms with Gasteiger partial charge in [-0.25, -0.2) is 9.55 Å². The molecule has 3 aromatic heterocycles. The zero-order valence-corrected chi connectivity index (χ0v) is 16.7. The molecule has 0 bridgehead atoms. The van der Waals surface area contributed by atoms with E-state index >= 15 is 0 Å². The zero-order chi connectivity index (χ0) is 22.6. The average molecular weight is 383 g/mol. The molecule has 0 saturated carbocycles. The van der Waals surface area contributed by atoms with Crippen molar-refractivity contribution in [3.63, 3.8) is 0 Å². The zero-order valence-electron chi connectivity index (χ0n) is 19.7. The van der Waals surface area contributed by atoms with Gasteiger partial charge in [-0.3, -0.25) is 0 Å². The summed E-state index contributed by atoms with van der Waals surface area (Å²) in [7, 11) is 2.01. The third-order valence-electron chi connectivity index (χ3n) is 5.46. The summed E-state index contributed by atoms with van der Waals surface area (Å²) in [6.07, 6.45) is 2.06. The van der Waals surface area contributed by atoms with Crippen molar-refractivity contribution in [1.82, 2.24) is 4.98 Å². The van der Waals surface area contributed by atoms with E-state index in [0.29, 0.717) is 11.3 Å². The van der Waals surface area contributed by atoms with Crippen LogP contribution >= 0.6 is 0 Å². The van der Waals surface area contributed by atoms with Gasteiger partial charge < -0.3 is 4.42 Å². The number of aryl methyl sites for hydroxylation is 4. The molecule has 0 fully saturated rings. The Labute approximate surface area is 174 Å². The molecule has 0 spiro atoms. The van der Waals surface area contributed by atoms with Crippen molar-refractivity contribution in [2.45, 2.75) is 20.7 Å². The Hall–Kier alpha value is -3.46. The predicted octanol–water partition coefficient (Wildman–Crippen LogP) is 6.06. The van der Waals surface area contributed by atoms with Gasteiger partial charge in [0, 0.05) is 32.2 Å². The number of hydrogen-bond acceptors (Lipinski definition) is 2. The van der Waals surface area contributed by atoms with Crippen molar-refractivity contribution in [2.24, 2.45) is 7.05 Å². The Bertz CT molecular complexity index is 1480. The highest BCUT2D eigenvalue weighted by Crippen LogP contribution is 2.36. The molecule has 0 aliphatic rings. The maximum absolute atomic E-state index is 7.56. The minimum atomic E-state index is -2.09. The fraction of sp³-hybridized carbons (Fsp3) is 0.154. The molecule has 142 valence electrons. The third-order valence-corrected chi connectivity index (χ3v) is 5.46. The third kappa shape index (κ3) is 2.90. The van der Waals surface area contributed by atoms with Crippen molar-refractivity contribution in [2.75, 3.05) is 0 Å². The van der Waals surface area contributed by atoms with Gasteiger partial charge in [0.25, 0.3) is 0 Å². The number of aromatic nitrogens is 2. The van der Waals surface area contributed by atoms with Gasteiger partial charge in [0.05, 0.1) is 5.56 Å². The van der Waals surface area contributed by atoms with Crippen LogP contribution < -0.4 is 4.57 Å². The van der Waals surface area contributed by atoms with Gasteiger partial charge in [-0.2, -0.15) is 0 Å². The van der Waals surface area contributed by atoms with E-state index in [1.165, 1.54) is 0 Å². The Morgan fingerprint density at radius 1 is 0.862 bits per heavy atom. The first-order valence-corrected chi connectivity index (χ1v) is 9.63. The first-order chi connectivity index (χ1) is 15.2. The van der Waals surface area contributed by atoms with Crippen LogP contribution in [-0.4, -0.2) is 4.98 Å². The fourth-order valence-electron chi connectivity index (χ4n) is 3.93. The summed E-state index contributed by atoms with van der Waals surface area (Å²) >= 11 is 0. The minimum Gasteiger partial charge on any atom is -0.437 e. The molecule has 0 saturated heterocycles. The van der Waals surface area contributed by atoms with Gasteiger partial charge in [-0.05, 0) is 50.0 Å². The second-order valence-electron chi connectivity index (χ2n) is 7.53. The number of nitrogens with zero attached hydrogens (tertiary/aromatic N) is 2. The standard InChI is InChI=1S/C26H23N2O/c1-16-5-9-19(10-6-16)20-11-14-23(28(4)15-20)24-17(2)7-12-21-22-13-8-18(3)27-26(22)29-25(21)24/h5-15H,1-4H3/q+1/i1D3. The highest BCUT2D eigenvalue weighted by Gasteiger charge is 2.21. The lowest BCUT2D eigenvalue weighted by Gasteiger charge is -2.07. The summed E-state index contributed by atoms with van der Waals surface area (Å²) in [6, 6.07) is 19.5. The largest absolute Gasteiger partial charge is 0.437 e. The van der Waals surface area contributed by atoms with Crippen LogP contribution in [0.15, 0.2) is 71.3 Å². The Morgan fingerprint density at radius 2 is 1.62 bits per heavy atom. The Morgan fingerprint density at radius 3 is 2.38 bits per heavy atom. The van der Waals surface area contributed by atoms with Gasteiger partial charge in [0.15, 0.2) is 11.8 Å². The quantitative estimate of drug-likeness (QED) is 0.347. The summed E-state index contributed by atoms with van der Waals surface area (Å²) in [5.41, 5.74) is 7.95. The van der Waals surface area contributed by atoms with Gasteiger partial charge >= 0.3 is 0 Å². The number of benzene rings is 2. The molecule has 3 heterocycles. The van der Waals surface area contributed by atoms with Crippen LogP contribution in [0, 0.1) is 20.7 Å². The lowest BCUT2D eigenvalue weighted by Crippen LogP contribution is -2.31. The number of fused-ring (bicyclic) bond motifs is 3. The van der Waals surface area contributed by atoms with Gasteiger partial charge in [0.1, 0.15) is 7.05 Å². The van der Waals surface area contributed by atoms with E-state index in [1.54, 1.807) is 12.1 Å². The van der Waals surface area contributed by atoms with Crippen LogP contribution in [0.2, 0.25) is 0 Å². The van der Waals surface area contributed by atoms with E-state index in [4.69, 9.17) is 8.53 Å². The van der Waals surface area contributed by atoms with Crippen molar-refractivity contribution in [3.05, 3.63) is 83.7 Å². The van der Waals surface area contributed by atoms with Crippen LogP contribution in [0.4, 0.5) is 0 Å². The fourth-order valence-corrected chi connectivity index (χ4v) is 3.93. The monoisotopic (exact) mass is 382 g/mol. The normalized spacial score (nSPS) is 13.4. The lowest BCUT2D eigenvalue weighted by molar-refractivity contribution is -0.659. The lowest BCUT2D eigenvalue weighted by atomic mass is 9.99. The highest BCUT2D eigenvalue weighted by molar-refractivity contribution is 6.08. The molecular formula is C26H23N2O+. The Kier molecular flexibility index (Phi) is 3.28. The second kappa shape index (κ2) is 6.56. The maximum atomic E-state index is 7.56.